The van der Waals surface area contributed by atoms with Gasteiger partial charge in [-0.1, -0.05) is 50.4 Å². The van der Waals surface area contributed by atoms with Crippen molar-refractivity contribution in [2.75, 3.05) is 6.54 Å². The van der Waals surface area contributed by atoms with Crippen molar-refractivity contribution in [2.24, 2.45) is 0 Å². The Morgan fingerprint density at radius 1 is 1.15 bits per heavy atom. The van der Waals surface area contributed by atoms with Crippen LogP contribution in [0, 0.1) is 5.82 Å². The van der Waals surface area contributed by atoms with Crippen molar-refractivity contribution in [1.29, 1.82) is 0 Å². The van der Waals surface area contributed by atoms with Crippen molar-refractivity contribution < 1.29 is 4.39 Å². The molecule has 0 saturated heterocycles. The monoisotopic (exact) mass is 419 g/mol. The fraction of sp³-hybridized carbons (Fsp3) is 0.200. The molecule has 1 nitrogen and oxygen atoms in total. The van der Waals surface area contributed by atoms with Crippen LogP contribution < -0.4 is 5.32 Å². The van der Waals surface area contributed by atoms with E-state index >= 15 is 0 Å². The van der Waals surface area contributed by atoms with Crippen molar-refractivity contribution in [2.45, 2.75) is 13.0 Å². The first-order valence-corrected chi connectivity index (χ1v) is 8.12. The molecule has 0 saturated carbocycles. The summed E-state index contributed by atoms with van der Waals surface area (Å²) in [5.74, 6) is -0.271. The van der Waals surface area contributed by atoms with Crippen molar-refractivity contribution >= 4 is 43.5 Å². The summed E-state index contributed by atoms with van der Waals surface area (Å²) >= 11 is 13.0. The van der Waals surface area contributed by atoms with E-state index in [1.165, 1.54) is 6.07 Å². The molecule has 0 bridgehead atoms. The van der Waals surface area contributed by atoms with Gasteiger partial charge >= 0.3 is 0 Å². The molecule has 0 aliphatic rings. The van der Waals surface area contributed by atoms with Gasteiger partial charge in [0.15, 0.2) is 0 Å². The maximum absolute atomic E-state index is 14.1. The van der Waals surface area contributed by atoms with Crippen LogP contribution in [-0.2, 0) is 0 Å². The summed E-state index contributed by atoms with van der Waals surface area (Å²) in [4.78, 5) is 0. The predicted molar refractivity (Wildman–Crippen MR) is 88.8 cm³/mol. The van der Waals surface area contributed by atoms with E-state index in [-0.39, 0.29) is 11.9 Å². The van der Waals surface area contributed by atoms with E-state index in [4.69, 9.17) is 11.6 Å². The van der Waals surface area contributed by atoms with Crippen molar-refractivity contribution in [3.63, 3.8) is 0 Å². The van der Waals surface area contributed by atoms with Gasteiger partial charge in [0, 0.05) is 19.5 Å². The molecule has 2 aromatic rings. The number of rotatable bonds is 4. The Bertz CT molecular complexity index is 567. The first kappa shape index (κ1) is 16.0. The van der Waals surface area contributed by atoms with Crippen LogP contribution in [0.15, 0.2) is 45.3 Å². The van der Waals surface area contributed by atoms with E-state index in [0.717, 1.165) is 21.1 Å². The summed E-state index contributed by atoms with van der Waals surface area (Å²) in [5, 5.41) is 3.83. The van der Waals surface area contributed by atoms with Gasteiger partial charge in [-0.3, -0.25) is 0 Å². The number of hydrogen-bond donors (Lipinski definition) is 1. The highest BCUT2D eigenvalue weighted by molar-refractivity contribution is 9.11. The molecule has 20 heavy (non-hydrogen) atoms. The summed E-state index contributed by atoms with van der Waals surface area (Å²) in [5.41, 5.74) is 1.50. The lowest BCUT2D eigenvalue weighted by Crippen LogP contribution is -2.23. The molecule has 0 radical (unpaired) electrons. The van der Waals surface area contributed by atoms with Crippen LogP contribution in [0.2, 0.25) is 5.02 Å². The first-order valence-electron chi connectivity index (χ1n) is 6.16. The van der Waals surface area contributed by atoms with Gasteiger partial charge in [-0.2, -0.15) is 0 Å². The van der Waals surface area contributed by atoms with Crippen molar-refractivity contribution in [1.82, 2.24) is 5.32 Å². The first-order chi connectivity index (χ1) is 9.52. The summed E-state index contributed by atoms with van der Waals surface area (Å²) in [7, 11) is 0. The van der Waals surface area contributed by atoms with Crippen LogP contribution >= 0.6 is 43.5 Å². The van der Waals surface area contributed by atoms with Crippen LogP contribution in [0.25, 0.3) is 0 Å². The number of hydrogen-bond acceptors (Lipinski definition) is 1. The SMILES string of the molecule is CCNC(c1cc(Cl)ccc1F)c1cc(Br)ccc1Br. The van der Waals surface area contributed by atoms with Gasteiger partial charge in [0.25, 0.3) is 0 Å². The van der Waals surface area contributed by atoms with E-state index in [9.17, 15) is 4.39 Å². The van der Waals surface area contributed by atoms with E-state index in [1.807, 2.05) is 25.1 Å². The molecule has 0 aliphatic heterocycles. The number of halogens is 4. The Morgan fingerprint density at radius 3 is 2.60 bits per heavy atom. The smallest absolute Gasteiger partial charge is 0.128 e. The quantitative estimate of drug-likeness (QED) is 0.667. The molecule has 0 spiro atoms. The van der Waals surface area contributed by atoms with E-state index in [1.54, 1.807) is 12.1 Å². The standard InChI is InChI=1S/C15H13Br2ClFN/c1-2-20-15(11-7-9(16)3-5-13(11)17)12-8-10(18)4-6-14(12)19/h3-8,15,20H,2H2,1H3. The normalized spacial score (nSPS) is 12.4. The number of benzene rings is 2. The fourth-order valence-corrected chi connectivity index (χ4v) is 3.10. The minimum absolute atomic E-state index is 0.259. The minimum atomic E-state index is -0.271. The van der Waals surface area contributed by atoms with Gasteiger partial charge in [-0.15, -0.1) is 0 Å². The lowest BCUT2D eigenvalue weighted by Gasteiger charge is -2.21. The molecule has 1 unspecified atom stereocenters. The lowest BCUT2D eigenvalue weighted by molar-refractivity contribution is 0.558. The summed E-state index contributed by atoms with van der Waals surface area (Å²) in [6, 6.07) is 10.2. The second kappa shape index (κ2) is 7.03. The highest BCUT2D eigenvalue weighted by atomic mass is 79.9. The molecule has 1 N–H and O–H groups in total. The molecule has 1 atom stereocenters. The second-order valence-electron chi connectivity index (χ2n) is 4.32. The lowest BCUT2D eigenvalue weighted by atomic mass is 9.98. The Kier molecular flexibility index (Phi) is 5.61. The van der Waals surface area contributed by atoms with Gasteiger partial charge in [-0.05, 0) is 48.5 Å². The molecule has 2 aromatic carbocycles. The largest absolute Gasteiger partial charge is 0.306 e. The Labute approximate surface area is 139 Å². The summed E-state index contributed by atoms with van der Waals surface area (Å²) < 4.78 is 16.0. The fourth-order valence-electron chi connectivity index (χ4n) is 2.06. The van der Waals surface area contributed by atoms with Gasteiger partial charge in [0.05, 0.1) is 6.04 Å². The molecule has 0 aromatic heterocycles. The second-order valence-corrected chi connectivity index (χ2v) is 6.53. The predicted octanol–water partition coefficient (Wildman–Crippen LogP) is 5.70. The average molecular weight is 422 g/mol. The van der Waals surface area contributed by atoms with Gasteiger partial charge in [-0.25, -0.2) is 4.39 Å². The van der Waals surface area contributed by atoms with E-state index in [0.29, 0.717) is 10.6 Å². The third kappa shape index (κ3) is 3.61. The molecular weight excluding hydrogens is 408 g/mol. The zero-order valence-corrected chi connectivity index (χ0v) is 14.7. The third-order valence-corrected chi connectivity index (χ3v) is 4.40. The van der Waals surface area contributed by atoms with Crippen LogP contribution in [0.5, 0.6) is 0 Å². The van der Waals surface area contributed by atoms with Gasteiger partial charge in [0.2, 0.25) is 0 Å². The zero-order chi connectivity index (χ0) is 14.7. The van der Waals surface area contributed by atoms with E-state index < -0.39 is 0 Å². The Balaban J connectivity index is 2.55. The average Bonchev–Trinajstić information content (AvgIpc) is 2.42. The topological polar surface area (TPSA) is 12.0 Å². The minimum Gasteiger partial charge on any atom is -0.306 e. The Hall–Kier alpha value is -0.420. The van der Waals surface area contributed by atoms with Crippen LogP contribution in [0.3, 0.4) is 0 Å². The van der Waals surface area contributed by atoms with Gasteiger partial charge in [0.1, 0.15) is 5.82 Å². The highest BCUT2D eigenvalue weighted by Crippen LogP contribution is 2.33. The van der Waals surface area contributed by atoms with Crippen LogP contribution in [-0.4, -0.2) is 6.54 Å². The molecule has 0 heterocycles. The third-order valence-electron chi connectivity index (χ3n) is 2.95. The summed E-state index contributed by atoms with van der Waals surface area (Å²) in [6.45, 7) is 2.71. The van der Waals surface area contributed by atoms with Crippen molar-refractivity contribution in [3.05, 3.63) is 67.3 Å². The highest BCUT2D eigenvalue weighted by Gasteiger charge is 2.20. The number of nitrogens with one attached hydrogen (secondary N) is 1. The molecule has 2 rings (SSSR count). The summed E-state index contributed by atoms with van der Waals surface area (Å²) in [6.07, 6.45) is 0. The van der Waals surface area contributed by atoms with Crippen LogP contribution in [0.4, 0.5) is 4.39 Å². The molecule has 0 aliphatic carbocycles. The zero-order valence-electron chi connectivity index (χ0n) is 10.8. The van der Waals surface area contributed by atoms with Crippen molar-refractivity contribution in [3.8, 4) is 0 Å². The van der Waals surface area contributed by atoms with Gasteiger partial charge < -0.3 is 5.32 Å². The maximum atomic E-state index is 14.1. The van der Waals surface area contributed by atoms with Crippen LogP contribution in [0.1, 0.15) is 24.1 Å². The molecule has 5 heteroatoms. The molecule has 106 valence electrons. The van der Waals surface area contributed by atoms with E-state index in [2.05, 4.69) is 37.2 Å². The molecule has 0 amide bonds. The Morgan fingerprint density at radius 2 is 1.90 bits per heavy atom. The maximum Gasteiger partial charge on any atom is 0.128 e. The molecule has 0 fully saturated rings. The molecular formula is C15H13Br2ClFN.